The van der Waals surface area contributed by atoms with E-state index in [0.29, 0.717) is 4.47 Å². The van der Waals surface area contributed by atoms with Gasteiger partial charge in [-0.3, -0.25) is 0 Å². The smallest absolute Gasteiger partial charge is 0.398 e. The third kappa shape index (κ3) is 2.15. The summed E-state index contributed by atoms with van der Waals surface area (Å²) in [6.45, 7) is 0. The molecule has 1 aromatic rings. The van der Waals surface area contributed by atoms with Crippen molar-refractivity contribution in [1.82, 2.24) is 0 Å². The molecular weight excluding hydrogens is 282 g/mol. The molecule has 0 bridgehead atoms. The van der Waals surface area contributed by atoms with Gasteiger partial charge in [0.25, 0.3) is 0 Å². The molecule has 2 N–H and O–H groups in total. The fraction of sp³-hybridized carbons (Fsp3) is 0.250. The first-order chi connectivity index (χ1) is 6.38. The van der Waals surface area contributed by atoms with Crippen molar-refractivity contribution in [2.75, 3.05) is 5.73 Å². The van der Waals surface area contributed by atoms with Crippen LogP contribution < -0.4 is 5.73 Å². The van der Waals surface area contributed by atoms with E-state index in [1.165, 1.54) is 12.1 Å². The molecule has 0 saturated carbocycles. The van der Waals surface area contributed by atoms with Gasteiger partial charge in [-0.15, -0.1) is 11.6 Å². The minimum absolute atomic E-state index is 0.0285. The van der Waals surface area contributed by atoms with E-state index in [2.05, 4.69) is 15.9 Å². The van der Waals surface area contributed by atoms with Gasteiger partial charge in [0.2, 0.25) is 0 Å². The Morgan fingerprint density at radius 1 is 1.36 bits per heavy atom. The van der Waals surface area contributed by atoms with E-state index in [0.717, 1.165) is 0 Å². The fourth-order valence-corrected chi connectivity index (χ4v) is 2.02. The summed E-state index contributed by atoms with van der Waals surface area (Å²) in [4.78, 5) is 0. The highest BCUT2D eigenvalue weighted by Gasteiger charge is 2.36. The van der Waals surface area contributed by atoms with Crippen molar-refractivity contribution < 1.29 is 13.2 Å². The quantitative estimate of drug-likeness (QED) is 0.617. The molecule has 0 aromatic heterocycles. The van der Waals surface area contributed by atoms with Crippen LogP contribution in [0.2, 0.25) is 0 Å². The average molecular weight is 288 g/mol. The predicted molar refractivity (Wildman–Crippen MR) is 53.1 cm³/mol. The van der Waals surface area contributed by atoms with Crippen molar-refractivity contribution in [2.24, 2.45) is 0 Å². The zero-order chi connectivity index (χ0) is 10.9. The van der Waals surface area contributed by atoms with Crippen LogP contribution in [0.25, 0.3) is 0 Å². The molecule has 0 radical (unpaired) electrons. The number of rotatable bonds is 1. The van der Waals surface area contributed by atoms with Crippen LogP contribution in [0.15, 0.2) is 16.6 Å². The summed E-state index contributed by atoms with van der Waals surface area (Å²) >= 11 is 8.42. The van der Waals surface area contributed by atoms with Crippen LogP contribution in [-0.2, 0) is 12.1 Å². The third-order valence-electron chi connectivity index (χ3n) is 1.71. The van der Waals surface area contributed by atoms with Crippen LogP contribution in [0.5, 0.6) is 0 Å². The maximum Gasteiger partial charge on any atom is 0.418 e. The van der Waals surface area contributed by atoms with Gasteiger partial charge in [-0.05, 0) is 17.7 Å². The molecule has 1 nitrogen and oxygen atoms in total. The Morgan fingerprint density at radius 2 is 1.93 bits per heavy atom. The van der Waals surface area contributed by atoms with Crippen LogP contribution in [0.3, 0.4) is 0 Å². The lowest BCUT2D eigenvalue weighted by Gasteiger charge is -2.14. The highest BCUT2D eigenvalue weighted by Crippen LogP contribution is 2.39. The molecule has 0 fully saturated rings. The molecule has 0 aliphatic carbocycles. The number of alkyl halides is 4. The highest BCUT2D eigenvalue weighted by atomic mass is 79.9. The Morgan fingerprint density at radius 3 is 2.29 bits per heavy atom. The minimum Gasteiger partial charge on any atom is -0.398 e. The SMILES string of the molecule is Nc1ccc(Br)c(CCl)c1C(F)(F)F. The number of anilines is 1. The van der Waals surface area contributed by atoms with E-state index >= 15 is 0 Å². The molecule has 78 valence electrons. The molecular formula is C8H6BrClF3N. The number of benzene rings is 1. The second kappa shape index (κ2) is 3.98. The number of nitrogens with two attached hydrogens (primary N) is 1. The summed E-state index contributed by atoms with van der Waals surface area (Å²) in [5, 5.41) is 0. The molecule has 0 aliphatic rings. The largest absolute Gasteiger partial charge is 0.418 e. The second-order valence-corrected chi connectivity index (χ2v) is 3.74. The lowest BCUT2D eigenvalue weighted by molar-refractivity contribution is -0.137. The van der Waals surface area contributed by atoms with Crippen LogP contribution in [0, 0.1) is 0 Å². The molecule has 0 saturated heterocycles. The van der Waals surface area contributed by atoms with E-state index in [4.69, 9.17) is 17.3 Å². The minimum atomic E-state index is -4.47. The molecule has 14 heavy (non-hydrogen) atoms. The van der Waals surface area contributed by atoms with Crippen LogP contribution >= 0.6 is 27.5 Å². The van der Waals surface area contributed by atoms with Crippen molar-refractivity contribution in [2.45, 2.75) is 12.1 Å². The normalized spacial score (nSPS) is 11.8. The van der Waals surface area contributed by atoms with Gasteiger partial charge in [0.15, 0.2) is 0 Å². The average Bonchev–Trinajstić information content (AvgIpc) is 2.06. The van der Waals surface area contributed by atoms with Gasteiger partial charge in [0.1, 0.15) is 0 Å². The standard InChI is InChI=1S/C8H6BrClF3N/c9-5-1-2-6(14)7(4(5)3-10)8(11,12)13/h1-2H,3,14H2. The number of halogens is 5. The first kappa shape index (κ1) is 11.7. The van der Waals surface area contributed by atoms with Gasteiger partial charge in [0, 0.05) is 16.0 Å². The summed E-state index contributed by atoms with van der Waals surface area (Å²) < 4.78 is 37.9. The van der Waals surface area contributed by atoms with Gasteiger partial charge in [-0.2, -0.15) is 13.2 Å². The summed E-state index contributed by atoms with van der Waals surface area (Å²) in [5.74, 6) is -0.236. The molecule has 1 rings (SSSR count). The Balaban J connectivity index is 3.46. The van der Waals surface area contributed by atoms with E-state index in [9.17, 15) is 13.2 Å². The first-order valence-corrected chi connectivity index (χ1v) is 4.90. The van der Waals surface area contributed by atoms with Crippen molar-refractivity contribution in [3.05, 3.63) is 27.7 Å². The monoisotopic (exact) mass is 287 g/mol. The summed E-state index contributed by atoms with van der Waals surface area (Å²) in [7, 11) is 0. The number of hydrogen-bond acceptors (Lipinski definition) is 1. The highest BCUT2D eigenvalue weighted by molar-refractivity contribution is 9.10. The molecule has 1 aromatic carbocycles. The van der Waals surface area contributed by atoms with E-state index in [-0.39, 0.29) is 17.1 Å². The fourth-order valence-electron chi connectivity index (χ4n) is 1.11. The zero-order valence-electron chi connectivity index (χ0n) is 6.83. The van der Waals surface area contributed by atoms with Gasteiger partial charge < -0.3 is 5.73 Å². The van der Waals surface area contributed by atoms with Crippen LogP contribution in [-0.4, -0.2) is 0 Å². The molecule has 0 spiro atoms. The van der Waals surface area contributed by atoms with Crippen molar-refractivity contribution in [1.29, 1.82) is 0 Å². The topological polar surface area (TPSA) is 26.0 Å². The number of hydrogen-bond donors (Lipinski definition) is 1. The Kier molecular flexibility index (Phi) is 3.32. The summed E-state index contributed by atoms with van der Waals surface area (Å²) in [6.07, 6.45) is -4.47. The van der Waals surface area contributed by atoms with Crippen molar-refractivity contribution in [3.8, 4) is 0 Å². The van der Waals surface area contributed by atoms with Gasteiger partial charge in [-0.1, -0.05) is 15.9 Å². The lowest BCUT2D eigenvalue weighted by atomic mass is 10.1. The molecule has 0 amide bonds. The Bertz CT molecular complexity index is 351. The van der Waals surface area contributed by atoms with Gasteiger partial charge in [-0.25, -0.2) is 0 Å². The molecule has 0 heterocycles. The van der Waals surface area contributed by atoms with Crippen LogP contribution in [0.4, 0.5) is 18.9 Å². The van der Waals surface area contributed by atoms with Crippen LogP contribution in [0.1, 0.15) is 11.1 Å². The van der Waals surface area contributed by atoms with E-state index in [1.54, 1.807) is 0 Å². The maximum absolute atomic E-state index is 12.5. The Labute approximate surface area is 92.2 Å². The maximum atomic E-state index is 12.5. The summed E-state index contributed by atoms with van der Waals surface area (Å²) in [5.41, 5.74) is 4.06. The van der Waals surface area contributed by atoms with Gasteiger partial charge in [0.05, 0.1) is 5.56 Å². The van der Waals surface area contributed by atoms with Gasteiger partial charge >= 0.3 is 6.18 Å². The Hall–Kier alpha value is -0.420. The molecule has 0 unspecified atom stereocenters. The number of nitrogen functional groups attached to an aromatic ring is 1. The third-order valence-corrected chi connectivity index (χ3v) is 2.72. The van der Waals surface area contributed by atoms with Crippen molar-refractivity contribution >= 4 is 33.2 Å². The van der Waals surface area contributed by atoms with Crippen molar-refractivity contribution in [3.63, 3.8) is 0 Å². The zero-order valence-corrected chi connectivity index (χ0v) is 9.17. The molecule has 0 atom stereocenters. The molecule has 0 aliphatic heterocycles. The van der Waals surface area contributed by atoms with E-state index < -0.39 is 11.7 Å². The second-order valence-electron chi connectivity index (χ2n) is 2.62. The summed E-state index contributed by atoms with van der Waals surface area (Å²) in [6, 6.07) is 2.64. The van der Waals surface area contributed by atoms with E-state index in [1.807, 2.05) is 0 Å². The lowest BCUT2D eigenvalue weighted by Crippen LogP contribution is -2.12. The molecule has 6 heteroatoms. The first-order valence-electron chi connectivity index (χ1n) is 3.58. The predicted octanol–water partition coefficient (Wildman–Crippen LogP) is 3.79.